The van der Waals surface area contributed by atoms with Crippen molar-refractivity contribution in [3.8, 4) is 0 Å². The molecule has 2 atom stereocenters. The van der Waals surface area contributed by atoms with Gasteiger partial charge in [0.15, 0.2) is 0 Å². The molecule has 0 aromatic carbocycles. The molecule has 5 heteroatoms. The van der Waals surface area contributed by atoms with E-state index in [1.807, 2.05) is 6.92 Å². The lowest BCUT2D eigenvalue weighted by molar-refractivity contribution is -0.124. The van der Waals surface area contributed by atoms with Crippen LogP contribution in [0.5, 0.6) is 0 Å². The van der Waals surface area contributed by atoms with E-state index in [1.165, 1.54) is 0 Å². The third-order valence-corrected chi connectivity index (χ3v) is 4.03. The van der Waals surface area contributed by atoms with Gasteiger partial charge in [-0.2, -0.15) is 0 Å². The molecule has 116 valence electrons. The summed E-state index contributed by atoms with van der Waals surface area (Å²) < 4.78 is 0. The molecule has 1 heterocycles. The molecule has 0 aromatic rings. The Kier molecular flexibility index (Phi) is 7.59. The fourth-order valence-corrected chi connectivity index (χ4v) is 2.74. The number of nitrogens with two attached hydrogens (primary N) is 1. The Balaban J connectivity index is 2.14. The number of hydrogen-bond donors (Lipinski definition) is 2. The molecule has 0 spiro atoms. The zero-order valence-electron chi connectivity index (χ0n) is 12.9. The SMILES string of the molecule is CCC[C@@H](C)C(=O)NCCCN1CCC[C@@H](C(N)=O)C1. The van der Waals surface area contributed by atoms with E-state index < -0.39 is 0 Å². The van der Waals surface area contributed by atoms with Crippen LogP contribution in [0.3, 0.4) is 0 Å². The van der Waals surface area contributed by atoms with E-state index in [2.05, 4.69) is 17.1 Å². The van der Waals surface area contributed by atoms with Crippen molar-refractivity contribution in [2.45, 2.75) is 46.0 Å². The third kappa shape index (κ3) is 5.90. The Morgan fingerprint density at radius 3 is 2.85 bits per heavy atom. The monoisotopic (exact) mass is 283 g/mol. The number of primary amides is 1. The van der Waals surface area contributed by atoms with Gasteiger partial charge in [0.1, 0.15) is 0 Å². The maximum Gasteiger partial charge on any atom is 0.222 e. The lowest BCUT2D eigenvalue weighted by Crippen LogP contribution is -2.42. The summed E-state index contributed by atoms with van der Waals surface area (Å²) in [5, 5.41) is 2.98. The molecule has 0 unspecified atom stereocenters. The summed E-state index contributed by atoms with van der Waals surface area (Å²) in [6.07, 6.45) is 4.86. The van der Waals surface area contributed by atoms with Gasteiger partial charge in [-0.3, -0.25) is 9.59 Å². The number of amides is 2. The fourth-order valence-electron chi connectivity index (χ4n) is 2.74. The molecular formula is C15H29N3O2. The second-order valence-electron chi connectivity index (χ2n) is 5.88. The van der Waals surface area contributed by atoms with Crippen LogP contribution >= 0.6 is 0 Å². The number of carbonyl (C=O) groups is 2. The van der Waals surface area contributed by atoms with Crippen molar-refractivity contribution < 1.29 is 9.59 Å². The predicted octanol–water partition coefficient (Wildman–Crippen LogP) is 1.13. The Morgan fingerprint density at radius 2 is 2.20 bits per heavy atom. The van der Waals surface area contributed by atoms with Crippen LogP contribution in [0.4, 0.5) is 0 Å². The highest BCUT2D eigenvalue weighted by atomic mass is 16.2. The minimum Gasteiger partial charge on any atom is -0.369 e. The van der Waals surface area contributed by atoms with Crippen LogP contribution in [-0.4, -0.2) is 42.9 Å². The van der Waals surface area contributed by atoms with Crippen LogP contribution in [0.2, 0.25) is 0 Å². The van der Waals surface area contributed by atoms with Crippen molar-refractivity contribution in [3.05, 3.63) is 0 Å². The second-order valence-corrected chi connectivity index (χ2v) is 5.88. The zero-order chi connectivity index (χ0) is 15.0. The predicted molar refractivity (Wildman–Crippen MR) is 80.1 cm³/mol. The third-order valence-electron chi connectivity index (χ3n) is 4.03. The molecular weight excluding hydrogens is 254 g/mol. The van der Waals surface area contributed by atoms with Crippen molar-refractivity contribution in [1.82, 2.24) is 10.2 Å². The van der Waals surface area contributed by atoms with E-state index in [-0.39, 0.29) is 23.7 Å². The van der Waals surface area contributed by atoms with Crippen LogP contribution in [0.25, 0.3) is 0 Å². The number of nitrogens with one attached hydrogen (secondary N) is 1. The van der Waals surface area contributed by atoms with Crippen LogP contribution in [-0.2, 0) is 9.59 Å². The van der Waals surface area contributed by atoms with Gasteiger partial charge in [-0.1, -0.05) is 20.3 Å². The quantitative estimate of drug-likeness (QED) is 0.656. The van der Waals surface area contributed by atoms with Gasteiger partial charge in [-0.15, -0.1) is 0 Å². The van der Waals surface area contributed by atoms with Crippen LogP contribution in [0.15, 0.2) is 0 Å². The average molecular weight is 283 g/mol. The summed E-state index contributed by atoms with van der Waals surface area (Å²) in [6.45, 7) is 7.51. The smallest absolute Gasteiger partial charge is 0.222 e. The number of hydrogen-bond acceptors (Lipinski definition) is 3. The molecule has 3 N–H and O–H groups in total. The van der Waals surface area contributed by atoms with E-state index in [9.17, 15) is 9.59 Å². The van der Waals surface area contributed by atoms with Gasteiger partial charge in [0.25, 0.3) is 0 Å². The molecule has 0 bridgehead atoms. The first-order valence-corrected chi connectivity index (χ1v) is 7.84. The van der Waals surface area contributed by atoms with E-state index in [1.54, 1.807) is 0 Å². The fraction of sp³-hybridized carbons (Fsp3) is 0.867. The van der Waals surface area contributed by atoms with Crippen molar-refractivity contribution in [3.63, 3.8) is 0 Å². The van der Waals surface area contributed by atoms with Gasteiger partial charge in [0.2, 0.25) is 11.8 Å². The summed E-state index contributed by atoms with van der Waals surface area (Å²) in [6, 6.07) is 0. The summed E-state index contributed by atoms with van der Waals surface area (Å²) in [5.41, 5.74) is 5.36. The number of piperidine rings is 1. The summed E-state index contributed by atoms with van der Waals surface area (Å²) >= 11 is 0. The Morgan fingerprint density at radius 1 is 1.45 bits per heavy atom. The highest BCUT2D eigenvalue weighted by Gasteiger charge is 2.23. The maximum atomic E-state index is 11.7. The first kappa shape index (κ1) is 17.0. The van der Waals surface area contributed by atoms with Gasteiger partial charge in [-0.05, 0) is 38.8 Å². The molecule has 0 saturated carbocycles. The largest absolute Gasteiger partial charge is 0.369 e. The van der Waals surface area contributed by atoms with Crippen molar-refractivity contribution in [1.29, 1.82) is 0 Å². The minimum absolute atomic E-state index is 0.00270. The molecule has 0 aliphatic carbocycles. The van der Waals surface area contributed by atoms with E-state index >= 15 is 0 Å². The van der Waals surface area contributed by atoms with Gasteiger partial charge in [-0.25, -0.2) is 0 Å². The first-order chi connectivity index (χ1) is 9.54. The first-order valence-electron chi connectivity index (χ1n) is 7.84. The summed E-state index contributed by atoms with van der Waals surface area (Å²) in [5.74, 6) is 0.0778. The van der Waals surface area contributed by atoms with E-state index in [0.717, 1.165) is 51.7 Å². The highest BCUT2D eigenvalue weighted by Crippen LogP contribution is 2.15. The zero-order valence-corrected chi connectivity index (χ0v) is 12.9. The maximum absolute atomic E-state index is 11.7. The van der Waals surface area contributed by atoms with Crippen molar-refractivity contribution in [2.24, 2.45) is 17.6 Å². The molecule has 0 radical (unpaired) electrons. The molecule has 5 nitrogen and oxygen atoms in total. The number of carbonyl (C=O) groups excluding carboxylic acids is 2. The lowest BCUT2D eigenvalue weighted by Gasteiger charge is -2.31. The van der Waals surface area contributed by atoms with E-state index in [0.29, 0.717) is 6.54 Å². The minimum atomic E-state index is -0.184. The van der Waals surface area contributed by atoms with Crippen molar-refractivity contribution in [2.75, 3.05) is 26.2 Å². The number of rotatable bonds is 8. The number of likely N-dealkylation sites (tertiary alicyclic amines) is 1. The molecule has 1 rings (SSSR count). The molecule has 1 fully saturated rings. The molecule has 0 aromatic heterocycles. The van der Waals surface area contributed by atoms with Crippen LogP contribution in [0.1, 0.15) is 46.0 Å². The lowest BCUT2D eigenvalue weighted by atomic mass is 9.97. The standard InChI is InChI=1S/C15H29N3O2/c1-3-6-12(2)15(20)17-8-5-10-18-9-4-7-13(11-18)14(16)19/h12-13H,3-11H2,1-2H3,(H2,16,19)(H,17,20)/t12-,13-/m1/s1. The van der Waals surface area contributed by atoms with Gasteiger partial charge >= 0.3 is 0 Å². The van der Waals surface area contributed by atoms with E-state index in [4.69, 9.17) is 5.73 Å². The second kappa shape index (κ2) is 8.95. The number of nitrogens with zero attached hydrogens (tertiary/aromatic N) is 1. The molecule has 1 aliphatic rings. The Bertz CT molecular complexity index is 320. The summed E-state index contributed by atoms with van der Waals surface area (Å²) in [4.78, 5) is 25.2. The van der Waals surface area contributed by atoms with Gasteiger partial charge < -0.3 is 16.0 Å². The van der Waals surface area contributed by atoms with Crippen molar-refractivity contribution >= 4 is 11.8 Å². The molecule has 2 amide bonds. The normalized spacial score (nSPS) is 21.4. The molecule has 20 heavy (non-hydrogen) atoms. The topological polar surface area (TPSA) is 75.4 Å². The van der Waals surface area contributed by atoms with Gasteiger partial charge in [0.05, 0.1) is 5.92 Å². The average Bonchev–Trinajstić information content (AvgIpc) is 2.44. The molecule has 1 saturated heterocycles. The van der Waals surface area contributed by atoms with Crippen LogP contribution in [0, 0.1) is 11.8 Å². The summed E-state index contributed by atoms with van der Waals surface area (Å²) in [7, 11) is 0. The molecule has 1 aliphatic heterocycles. The van der Waals surface area contributed by atoms with Crippen LogP contribution < -0.4 is 11.1 Å². The highest BCUT2D eigenvalue weighted by molar-refractivity contribution is 5.78. The Hall–Kier alpha value is -1.10. The van der Waals surface area contributed by atoms with Gasteiger partial charge in [0, 0.05) is 19.0 Å². The Labute approximate surface area is 122 Å².